The highest BCUT2D eigenvalue weighted by atomic mass is 35.5. The van der Waals surface area contributed by atoms with Gasteiger partial charge in [-0.05, 0) is 115 Å². The maximum absolute atomic E-state index is 12.1. The van der Waals surface area contributed by atoms with Gasteiger partial charge in [-0.2, -0.15) is 27.0 Å². The molecule has 0 rings (SSSR count). The van der Waals surface area contributed by atoms with Crippen molar-refractivity contribution in [3.05, 3.63) is 0 Å². The molecule has 0 spiro atoms. The average Bonchev–Trinajstić information content (AvgIpc) is 2.87. The van der Waals surface area contributed by atoms with Crippen molar-refractivity contribution in [1.29, 1.82) is 0 Å². The average molecular weight is 872 g/mol. The third-order valence-electron chi connectivity index (χ3n) is 8.06. The number of amides is 2. The quantitative estimate of drug-likeness (QED) is 0.0476. The second-order valence-corrected chi connectivity index (χ2v) is 27.8. The number of hydrogen-bond acceptors (Lipinski definition) is 10. The Hall–Kier alpha value is -1.02. The Labute approximate surface area is 351 Å². The van der Waals surface area contributed by atoms with Gasteiger partial charge in [0.2, 0.25) is 5.24 Å². The number of aliphatic hydroxyl groups is 1. The third-order valence-corrected chi connectivity index (χ3v) is 17.1. The summed E-state index contributed by atoms with van der Waals surface area (Å²) in [5, 5.41) is 14.6. The predicted octanol–water partition coefficient (Wildman–Crippen LogP) is 9.55. The van der Waals surface area contributed by atoms with Gasteiger partial charge in [0.15, 0.2) is 16.6 Å². The highest BCUT2D eigenvalue weighted by Gasteiger charge is 2.39. The molecule has 0 aliphatic carbocycles. The summed E-state index contributed by atoms with van der Waals surface area (Å²) in [6.45, 7) is 36.8. The van der Waals surface area contributed by atoms with E-state index in [1.807, 2.05) is 41.5 Å². The molecule has 2 atom stereocenters. The molecule has 3 N–H and O–H groups in total. The molecular weight excluding hydrogens is 788 g/mol. The number of carbonyl (C=O) groups is 4. The van der Waals surface area contributed by atoms with E-state index in [0.717, 1.165) is 0 Å². The summed E-state index contributed by atoms with van der Waals surface area (Å²) in [5.41, 5.74) is -1.07. The largest absolute Gasteiger partial charge is 0.466 e. The Morgan fingerprint density at radius 2 is 0.944 bits per heavy atom. The summed E-state index contributed by atoms with van der Waals surface area (Å²) in [6.07, 6.45) is 1.71. The van der Waals surface area contributed by atoms with E-state index in [4.69, 9.17) is 28.2 Å². The van der Waals surface area contributed by atoms with Gasteiger partial charge in [-0.3, -0.25) is 9.59 Å². The molecule has 0 saturated heterocycles. The molecule has 0 saturated carbocycles. The monoisotopic (exact) mass is 870 g/mol. The molecule has 12 nitrogen and oxygen atoms in total. The number of aliphatic hydroxyl groups excluding tert-OH is 1. The molecule has 0 aliphatic rings. The molecule has 0 heterocycles. The molecule has 0 unspecified atom stereocenters. The highest BCUT2D eigenvalue weighted by molar-refractivity contribution is 7.59. The van der Waals surface area contributed by atoms with Crippen molar-refractivity contribution in [3.8, 4) is 0 Å². The van der Waals surface area contributed by atoms with Crippen LogP contribution < -0.4 is 10.6 Å². The normalized spacial score (nSPS) is 12.9. The lowest BCUT2D eigenvalue weighted by atomic mass is 10.2. The summed E-state index contributed by atoms with van der Waals surface area (Å²) in [4.78, 5) is 44.1. The Bertz CT molecular complexity index is 1040. The van der Waals surface area contributed by atoms with Gasteiger partial charge in [0.1, 0.15) is 11.2 Å². The SMILES string of the molecule is C.CC(=O)Cl.CC(=O)OCCC[C@@H](CO[Si](C)(C)C(C)(C)C)NC(=O)OC(C)(C)C.CC(C)(C)OC(=O)N[C@@H](CCCO)CO[Si](C)(C)C(C)(C)C.S.S. The first-order chi connectivity index (χ1) is 22.7. The zero-order chi connectivity index (χ0) is 41.1. The van der Waals surface area contributed by atoms with Crippen molar-refractivity contribution in [3.63, 3.8) is 0 Å². The van der Waals surface area contributed by atoms with Crippen LogP contribution >= 0.6 is 38.6 Å². The smallest absolute Gasteiger partial charge is 0.407 e. The van der Waals surface area contributed by atoms with E-state index in [1.165, 1.54) is 13.8 Å². The standard InChI is InChI=1S/C18H37NO5Si.C16H35NO4Si.C2H3ClO.CH4.2H2S/c1-14(20)22-12-10-11-15(19-16(21)24-17(2,3)4)13-23-25(8,9)18(5,6)7;1-15(2,3)21-14(19)17-13(10-9-11-18)12-20-22(7,8)16(4,5)6;1-2(3)4;;;/h15H,10-13H2,1-9H3,(H,19,21);13,18H,9-12H2,1-8H3,(H,17,19);1H3;1H4;2*1H2/t15-;13-;;;;/m00..../s1. The minimum atomic E-state index is -1.91. The molecule has 0 bridgehead atoms. The first-order valence-corrected chi connectivity index (χ1v) is 24.0. The number of rotatable bonds is 15. The first kappa shape index (κ1) is 64.9. The van der Waals surface area contributed by atoms with Crippen LogP contribution in [-0.4, -0.2) is 94.9 Å². The fourth-order valence-electron chi connectivity index (χ4n) is 3.28. The van der Waals surface area contributed by atoms with Crippen molar-refractivity contribution in [2.45, 2.75) is 190 Å². The lowest BCUT2D eigenvalue weighted by molar-refractivity contribution is -0.141. The highest BCUT2D eigenvalue weighted by Crippen LogP contribution is 2.37. The van der Waals surface area contributed by atoms with E-state index in [2.05, 4.69) is 90.0 Å². The molecule has 0 aromatic heterocycles. The summed E-state index contributed by atoms with van der Waals surface area (Å²) < 4.78 is 28.0. The van der Waals surface area contributed by atoms with Gasteiger partial charge >= 0.3 is 18.2 Å². The number of hydrogen-bond donors (Lipinski definition) is 3. The van der Waals surface area contributed by atoms with E-state index in [9.17, 15) is 19.2 Å². The van der Waals surface area contributed by atoms with Gasteiger partial charge in [0.25, 0.3) is 0 Å². The maximum Gasteiger partial charge on any atom is 0.407 e. The van der Waals surface area contributed by atoms with Gasteiger partial charge in [-0.15, -0.1) is 0 Å². The number of esters is 1. The van der Waals surface area contributed by atoms with E-state index < -0.39 is 40.0 Å². The van der Waals surface area contributed by atoms with E-state index in [1.54, 1.807) is 0 Å². The van der Waals surface area contributed by atoms with Gasteiger partial charge < -0.3 is 38.8 Å². The molecular formula is C37H83ClN2O10S2Si2. The molecule has 328 valence electrons. The fourth-order valence-corrected chi connectivity index (χ4v) is 5.38. The Kier molecular flexibility index (Phi) is 35.1. The Morgan fingerprint density at radius 1 is 0.648 bits per heavy atom. The van der Waals surface area contributed by atoms with Crippen molar-refractivity contribution in [2.24, 2.45) is 0 Å². The van der Waals surface area contributed by atoms with Crippen molar-refractivity contribution >= 4 is 78.6 Å². The molecule has 54 heavy (non-hydrogen) atoms. The minimum Gasteiger partial charge on any atom is -0.466 e. The molecule has 0 aliphatic heterocycles. The van der Waals surface area contributed by atoms with Crippen LogP contribution in [0.1, 0.15) is 130 Å². The zero-order valence-electron chi connectivity index (χ0n) is 36.3. The van der Waals surface area contributed by atoms with Gasteiger partial charge in [-0.25, -0.2) is 9.59 Å². The molecule has 0 aromatic rings. The van der Waals surface area contributed by atoms with Crippen LogP contribution in [-0.2, 0) is 32.7 Å². The van der Waals surface area contributed by atoms with Crippen LogP contribution in [0, 0.1) is 0 Å². The van der Waals surface area contributed by atoms with E-state index >= 15 is 0 Å². The zero-order valence-corrected chi connectivity index (χ0v) is 41.1. The Morgan fingerprint density at radius 3 is 1.19 bits per heavy atom. The van der Waals surface area contributed by atoms with Crippen LogP contribution in [0.5, 0.6) is 0 Å². The van der Waals surface area contributed by atoms with Crippen LogP contribution in [0.25, 0.3) is 0 Å². The van der Waals surface area contributed by atoms with Gasteiger partial charge in [-0.1, -0.05) is 49.0 Å². The van der Waals surface area contributed by atoms with Crippen LogP contribution in [0.2, 0.25) is 36.3 Å². The van der Waals surface area contributed by atoms with Gasteiger partial charge in [0.05, 0.1) is 31.9 Å². The number of ether oxygens (including phenoxy) is 3. The Balaban J connectivity index is -0.000000185. The number of alkyl carbamates (subject to hydrolysis) is 2. The van der Waals surface area contributed by atoms with Gasteiger partial charge in [0, 0.05) is 20.5 Å². The van der Waals surface area contributed by atoms with Crippen molar-refractivity contribution in [2.75, 3.05) is 26.4 Å². The third kappa shape index (κ3) is 37.9. The molecule has 0 aromatic carbocycles. The second-order valence-electron chi connectivity index (χ2n) is 17.6. The number of halogens is 1. The van der Waals surface area contributed by atoms with Crippen LogP contribution in [0.4, 0.5) is 9.59 Å². The first-order valence-electron chi connectivity index (χ1n) is 17.8. The fraction of sp³-hybridized carbons (Fsp3) is 0.892. The van der Waals surface area contributed by atoms with Crippen molar-refractivity contribution in [1.82, 2.24) is 10.6 Å². The number of carbonyl (C=O) groups excluding carboxylic acids is 4. The molecule has 0 fully saturated rings. The number of nitrogens with one attached hydrogen (secondary N) is 2. The topological polar surface area (TPSA) is 159 Å². The molecule has 0 radical (unpaired) electrons. The summed E-state index contributed by atoms with van der Waals surface area (Å²) >= 11 is 4.64. The van der Waals surface area contributed by atoms with E-state index in [-0.39, 0.29) is 74.4 Å². The minimum absolute atomic E-state index is 0. The summed E-state index contributed by atoms with van der Waals surface area (Å²) in [7, 11) is -3.77. The van der Waals surface area contributed by atoms with Crippen LogP contribution in [0.15, 0.2) is 0 Å². The predicted molar refractivity (Wildman–Crippen MR) is 239 cm³/mol. The maximum atomic E-state index is 12.1. The van der Waals surface area contributed by atoms with E-state index in [0.29, 0.717) is 45.5 Å². The van der Waals surface area contributed by atoms with Crippen LogP contribution in [0.3, 0.4) is 0 Å². The molecule has 17 heteroatoms. The van der Waals surface area contributed by atoms with Crippen molar-refractivity contribution < 1.29 is 47.3 Å². The summed E-state index contributed by atoms with van der Waals surface area (Å²) in [5.74, 6) is -0.297. The second kappa shape index (κ2) is 29.2. The lowest BCUT2D eigenvalue weighted by Crippen LogP contribution is -2.47. The lowest BCUT2D eigenvalue weighted by Gasteiger charge is -2.37. The molecule has 2 amide bonds. The summed E-state index contributed by atoms with van der Waals surface area (Å²) in [6, 6.07) is -0.323.